The molecule has 16 nitrogen and oxygen atoms in total. The summed E-state index contributed by atoms with van der Waals surface area (Å²) in [5.41, 5.74) is 12.8. The maximum absolute atomic E-state index is 13.3. The van der Waals surface area contributed by atoms with Gasteiger partial charge in [-0.1, -0.05) is 12.1 Å². The Balaban J connectivity index is 0.743. The van der Waals surface area contributed by atoms with E-state index in [0.717, 1.165) is 126 Å². The fourth-order valence-electron chi connectivity index (χ4n) is 10.4. The molecule has 0 bridgehead atoms. The van der Waals surface area contributed by atoms with Crippen molar-refractivity contribution in [2.75, 3.05) is 43.9 Å². The van der Waals surface area contributed by atoms with Crippen molar-refractivity contribution in [3.8, 4) is 22.5 Å². The van der Waals surface area contributed by atoms with Gasteiger partial charge in [0.15, 0.2) is 0 Å². The summed E-state index contributed by atoms with van der Waals surface area (Å²) in [6.07, 6.45) is 14.3. The maximum atomic E-state index is 13.3. The number of pyridine rings is 6. The van der Waals surface area contributed by atoms with E-state index in [1.807, 2.05) is 60.4 Å². The Morgan fingerprint density at radius 1 is 0.712 bits per heavy atom. The molecule has 0 saturated carbocycles. The van der Waals surface area contributed by atoms with Gasteiger partial charge in [-0.05, 0) is 80.9 Å². The minimum absolute atomic E-state index is 0.120. The number of aromatic nitrogens is 8. The minimum Gasteiger partial charge on any atom is -0.348 e. The third-order valence-corrected chi connectivity index (χ3v) is 13.7. The molecule has 4 aliphatic rings. The van der Waals surface area contributed by atoms with E-state index < -0.39 is 0 Å². The normalized spacial score (nSPS) is 17.2. The van der Waals surface area contributed by atoms with Crippen molar-refractivity contribution in [2.24, 2.45) is 7.05 Å². The van der Waals surface area contributed by atoms with Gasteiger partial charge in [0.05, 0.1) is 52.0 Å². The second kappa shape index (κ2) is 16.2. The lowest BCUT2D eigenvalue weighted by Gasteiger charge is -2.32. The predicted molar refractivity (Wildman–Crippen MR) is 253 cm³/mol. The first-order valence-corrected chi connectivity index (χ1v) is 22.7. The molecule has 1 atom stereocenters. The summed E-state index contributed by atoms with van der Waals surface area (Å²) in [7, 11) is 4.08. The molecule has 12 heterocycles. The second-order valence-electron chi connectivity index (χ2n) is 17.9. The number of amides is 2. The van der Waals surface area contributed by atoms with E-state index in [1.54, 1.807) is 18.6 Å². The lowest BCUT2D eigenvalue weighted by atomic mass is 9.94. The average Bonchev–Trinajstić information content (AvgIpc) is 4.14. The van der Waals surface area contributed by atoms with Crippen LogP contribution in [-0.4, -0.2) is 93.9 Å². The van der Waals surface area contributed by atoms with Crippen molar-refractivity contribution in [1.29, 1.82) is 0 Å². The van der Waals surface area contributed by atoms with Crippen LogP contribution in [0.2, 0.25) is 0 Å². The highest BCUT2D eigenvalue weighted by molar-refractivity contribution is 6.08. The number of carbonyl (C=O) groups excluding carboxylic acids is 2. The Labute approximate surface area is 380 Å². The van der Waals surface area contributed by atoms with E-state index >= 15 is 0 Å². The van der Waals surface area contributed by atoms with E-state index in [0.29, 0.717) is 47.2 Å². The molecule has 66 heavy (non-hydrogen) atoms. The molecule has 0 unspecified atom stereocenters. The van der Waals surface area contributed by atoms with Crippen molar-refractivity contribution < 1.29 is 9.59 Å². The molecule has 0 radical (unpaired) electrons. The highest BCUT2D eigenvalue weighted by Crippen LogP contribution is 2.38. The quantitative estimate of drug-likeness (QED) is 0.115. The average molecular weight is 877 g/mol. The van der Waals surface area contributed by atoms with Crippen molar-refractivity contribution >= 4 is 56.9 Å². The molecule has 2 amide bonds. The molecule has 330 valence electrons. The van der Waals surface area contributed by atoms with Crippen molar-refractivity contribution in [3.05, 3.63) is 131 Å². The number of hydrogen-bond donors (Lipinski definition) is 4. The van der Waals surface area contributed by atoms with Crippen LogP contribution >= 0.6 is 0 Å². The zero-order chi connectivity index (χ0) is 44.5. The van der Waals surface area contributed by atoms with Crippen molar-refractivity contribution in [1.82, 2.24) is 59.5 Å². The molecule has 12 rings (SSSR count). The molecule has 0 spiro atoms. The van der Waals surface area contributed by atoms with Gasteiger partial charge >= 0.3 is 0 Å². The molecular formula is C50H48N14O2. The monoisotopic (exact) mass is 876 g/mol. The number of fused-ring (bicyclic) bond motifs is 5. The number of nitrogens with one attached hydrogen (secondary N) is 4. The van der Waals surface area contributed by atoms with Crippen LogP contribution in [0, 0.1) is 0 Å². The first kappa shape index (κ1) is 40.0. The first-order chi connectivity index (χ1) is 32.3. The Morgan fingerprint density at radius 3 is 2.14 bits per heavy atom. The summed E-state index contributed by atoms with van der Waals surface area (Å²) in [6, 6.07) is 18.3. The van der Waals surface area contributed by atoms with Crippen LogP contribution in [0.5, 0.6) is 0 Å². The maximum Gasteiger partial charge on any atom is 0.254 e. The number of rotatable bonds is 10. The lowest BCUT2D eigenvalue weighted by Crippen LogP contribution is -2.36. The summed E-state index contributed by atoms with van der Waals surface area (Å²) < 4.78 is 4.20. The number of likely N-dealkylation sites (tertiary alicyclic amines) is 1. The topological polar surface area (TPSA) is 176 Å². The Hall–Kier alpha value is -7.56. The summed E-state index contributed by atoms with van der Waals surface area (Å²) in [5.74, 6) is 1.40. The number of anilines is 4. The number of hydrogen-bond acceptors (Lipinski definition) is 12. The summed E-state index contributed by atoms with van der Waals surface area (Å²) >= 11 is 0. The van der Waals surface area contributed by atoms with Gasteiger partial charge in [0.2, 0.25) is 0 Å². The Kier molecular flexibility index (Phi) is 9.78. The summed E-state index contributed by atoms with van der Waals surface area (Å²) in [4.78, 5) is 60.6. The largest absolute Gasteiger partial charge is 0.348 e. The van der Waals surface area contributed by atoms with E-state index in [4.69, 9.17) is 24.9 Å². The van der Waals surface area contributed by atoms with E-state index in [9.17, 15) is 9.59 Å². The summed E-state index contributed by atoms with van der Waals surface area (Å²) in [5, 5.41) is 14.9. The molecule has 8 aromatic rings. The molecule has 1 saturated heterocycles. The number of aryl methyl sites for hydroxylation is 1. The predicted octanol–water partition coefficient (Wildman–Crippen LogP) is 6.68. The molecule has 1 fully saturated rings. The van der Waals surface area contributed by atoms with E-state index in [-0.39, 0.29) is 17.7 Å². The number of piperidine rings is 1. The van der Waals surface area contributed by atoms with Gasteiger partial charge in [0.25, 0.3) is 11.8 Å². The van der Waals surface area contributed by atoms with Crippen LogP contribution in [0.3, 0.4) is 0 Å². The molecule has 4 N–H and O–H groups in total. The van der Waals surface area contributed by atoms with Crippen LogP contribution in [0.1, 0.15) is 67.6 Å². The van der Waals surface area contributed by atoms with Crippen LogP contribution in [0.15, 0.2) is 91.8 Å². The highest BCUT2D eigenvalue weighted by Gasteiger charge is 2.31. The van der Waals surface area contributed by atoms with Crippen molar-refractivity contribution in [3.63, 3.8) is 0 Å². The van der Waals surface area contributed by atoms with Gasteiger partial charge in [-0.25, -0.2) is 19.9 Å². The van der Waals surface area contributed by atoms with Gasteiger partial charge in [0, 0.05) is 122 Å². The Bertz CT molecular complexity index is 3270. The number of nitrogens with zero attached hydrogens (tertiary/aromatic N) is 10. The van der Waals surface area contributed by atoms with Gasteiger partial charge in [0.1, 0.15) is 22.9 Å². The number of carbonyl (C=O) groups is 2. The number of likely N-dealkylation sites (N-methyl/N-ethyl adjacent to an activating group) is 1. The van der Waals surface area contributed by atoms with Crippen LogP contribution in [0.25, 0.3) is 44.6 Å². The van der Waals surface area contributed by atoms with Gasteiger partial charge in [-0.2, -0.15) is 0 Å². The smallest absolute Gasteiger partial charge is 0.254 e. The minimum atomic E-state index is -0.126. The van der Waals surface area contributed by atoms with Crippen LogP contribution < -0.4 is 21.3 Å². The van der Waals surface area contributed by atoms with E-state index in [1.165, 1.54) is 5.56 Å². The SMILES string of the molecule is CN1CCc2ccc(Nc3cnc(-c4ccnc5c4ccn5CCN4CCC[C@H](c5cccc(Nc6cnc(-c7ccnc8c7ccn8C)c7c6C(=O)NC7)n5)C4)c4c3C(=O)NC4)nc2C1. The molecule has 0 aromatic carbocycles. The summed E-state index contributed by atoms with van der Waals surface area (Å²) in [6.45, 7) is 6.15. The molecule has 0 aliphatic carbocycles. The van der Waals surface area contributed by atoms with Crippen molar-refractivity contribution in [2.45, 2.75) is 51.4 Å². The van der Waals surface area contributed by atoms with Gasteiger partial charge < -0.3 is 40.2 Å². The highest BCUT2D eigenvalue weighted by atomic mass is 16.2. The fourth-order valence-corrected chi connectivity index (χ4v) is 10.4. The first-order valence-electron chi connectivity index (χ1n) is 22.7. The van der Waals surface area contributed by atoms with E-state index in [2.05, 4.69) is 72.1 Å². The lowest BCUT2D eigenvalue weighted by molar-refractivity contribution is 0.0958. The molecule has 4 aliphatic heterocycles. The second-order valence-corrected chi connectivity index (χ2v) is 17.9. The zero-order valence-electron chi connectivity index (χ0n) is 36.8. The third-order valence-electron chi connectivity index (χ3n) is 13.7. The van der Waals surface area contributed by atoms with Gasteiger partial charge in [-0.15, -0.1) is 0 Å². The van der Waals surface area contributed by atoms with Crippen LogP contribution in [0.4, 0.5) is 23.0 Å². The standard InChI is InChI=1S/C50H48N14O2/c1-61-18-12-29-8-9-42(60-40(29)28-61)59-39-26-54-46(36-24-56-50(66)44(36)39)32-11-16-52-48-34(32)14-20-64(48)22-21-63-17-4-5-30(27-63)37-6-3-7-41(57-37)58-38-25-53-45(35-23-55-49(65)43(35)38)31-10-15-51-47-33(31)13-19-62(47)2/h3,6-11,13-16,19-20,25-26,30H,4-5,12,17-18,21-24,27-28H2,1-2H3,(H,55,65)(H,56,66)(H,57,58)(H,59,60)/t30-/m0/s1. The van der Waals surface area contributed by atoms with Gasteiger partial charge in [-0.3, -0.25) is 19.6 Å². The fraction of sp³-hybridized carbons (Fsp3) is 0.280. The Morgan fingerprint density at radius 2 is 1.39 bits per heavy atom. The molecule has 8 aromatic heterocycles. The molecular weight excluding hydrogens is 829 g/mol. The third kappa shape index (κ3) is 7.00. The molecule has 16 heteroatoms. The zero-order valence-corrected chi connectivity index (χ0v) is 36.8. The van der Waals surface area contributed by atoms with Crippen LogP contribution in [-0.2, 0) is 39.6 Å².